The molecule has 3 rings (SSSR count). The van der Waals surface area contributed by atoms with Crippen molar-refractivity contribution in [3.8, 4) is 0 Å². The van der Waals surface area contributed by atoms with Crippen LogP contribution < -0.4 is 43.6 Å². The molecule has 57 heavy (non-hydrogen) atoms. The molecule has 1 heterocycles. The van der Waals surface area contributed by atoms with Crippen LogP contribution in [-0.4, -0.2) is 88.0 Å². The number of primary amides is 1. The van der Waals surface area contributed by atoms with E-state index >= 15 is 0 Å². The Morgan fingerprint density at radius 1 is 0.719 bits per heavy atom. The molecule has 308 valence electrons. The number of nitrogens with two attached hydrogens (primary N) is 2. The number of rotatable bonds is 21. The quantitative estimate of drug-likeness (QED) is 0.0310. The zero-order valence-corrected chi connectivity index (χ0v) is 32.2. The lowest BCUT2D eigenvalue weighted by atomic mass is 10.0. The Morgan fingerprint density at radius 3 is 1.88 bits per heavy atom. The Hall–Kier alpha value is -6.50. The van der Waals surface area contributed by atoms with Crippen LogP contribution in [0.5, 0.6) is 0 Å². The minimum absolute atomic E-state index is 0.00117. The average Bonchev–Trinajstić information content (AvgIpc) is 3.68. The molecule has 2 aromatic carbocycles. The summed E-state index contributed by atoms with van der Waals surface area (Å²) in [4.78, 5) is 97.8. The van der Waals surface area contributed by atoms with Gasteiger partial charge in [-0.2, -0.15) is 0 Å². The van der Waals surface area contributed by atoms with Gasteiger partial charge in [0.15, 0.2) is 0 Å². The van der Waals surface area contributed by atoms with Gasteiger partial charge in [0.05, 0.1) is 12.7 Å². The monoisotopic (exact) mass is 792 g/mol. The Morgan fingerprint density at radius 2 is 1.30 bits per heavy atom. The Balaban J connectivity index is 1.82. The molecule has 0 spiro atoms. The molecule has 0 radical (unpaired) electrons. The molecule has 0 aliphatic rings. The van der Waals surface area contributed by atoms with Crippen molar-refractivity contribution in [2.24, 2.45) is 11.6 Å². The number of hydrogen-bond acceptors (Lipinski definition) is 11. The number of H-pyrrole nitrogens is 1. The number of hydrogen-bond donors (Lipinski definition) is 9. The summed E-state index contributed by atoms with van der Waals surface area (Å²) in [7, 11) is 0. The normalized spacial score (nSPS) is 13.1. The molecular weight excluding hydrogens is 740 g/mol. The molecule has 19 nitrogen and oxygen atoms in total. The van der Waals surface area contributed by atoms with E-state index in [4.69, 9.17) is 21.1 Å². The summed E-state index contributed by atoms with van der Waals surface area (Å²) in [5.74, 6) is 1.32. The molecule has 3 aromatic rings. The first-order valence-electron chi connectivity index (χ1n) is 18.3. The minimum Gasteiger partial charge on any atom is -0.445 e. The highest BCUT2D eigenvalue weighted by atomic mass is 16.6. The highest BCUT2D eigenvalue weighted by Gasteiger charge is 2.32. The number of carbonyl (C=O) groups excluding carboxylic acids is 7. The number of nitrogens with zero attached hydrogens (tertiary/aromatic N) is 1. The Bertz CT molecular complexity index is 1770. The van der Waals surface area contributed by atoms with Crippen molar-refractivity contribution in [3.05, 3.63) is 90.0 Å². The van der Waals surface area contributed by atoms with Crippen molar-refractivity contribution in [1.82, 2.24) is 42.0 Å². The van der Waals surface area contributed by atoms with Gasteiger partial charge < -0.3 is 46.8 Å². The van der Waals surface area contributed by atoms with Gasteiger partial charge in [-0.3, -0.25) is 29.4 Å². The topological polar surface area (TPSA) is 291 Å². The van der Waals surface area contributed by atoms with E-state index in [-0.39, 0.29) is 38.8 Å². The maximum atomic E-state index is 14.1. The molecule has 0 aliphatic carbocycles. The second-order valence-electron chi connectivity index (χ2n) is 14.0. The highest BCUT2D eigenvalue weighted by Crippen LogP contribution is 2.10. The zero-order chi connectivity index (χ0) is 41.8. The lowest BCUT2D eigenvalue weighted by Gasteiger charge is -2.26. The van der Waals surface area contributed by atoms with Gasteiger partial charge in [-0.05, 0) is 51.2 Å². The lowest BCUT2D eigenvalue weighted by molar-refractivity contribution is -0.134. The summed E-state index contributed by atoms with van der Waals surface area (Å²) >= 11 is 0. The minimum atomic E-state index is -1.53. The number of alkyl carbamates (subject to hydrolysis) is 2. The third-order valence-electron chi connectivity index (χ3n) is 8.12. The number of ether oxygens (including phenoxy) is 2. The lowest BCUT2D eigenvalue weighted by Crippen LogP contribution is -2.59. The summed E-state index contributed by atoms with van der Waals surface area (Å²) in [5, 5.41) is 12.9. The molecule has 0 bridgehead atoms. The molecule has 0 aliphatic heterocycles. The standard InChI is InChI=1S/C38H52N10O9/c1-38(2,3)57-36(54)42-17-11-10-16-27(44-34(52)30(20-31(39)49)47-37(55)56-22-25-14-8-5-9-15-25)32(50)45-28(18-24-12-6-4-7-13-24)33(51)46-29(35(53)48-40)19-26-21-41-23-43-26/h4-9,12-15,21,23,27-30H,10-11,16-20,22,40H2,1-3H3,(H2,39,49)(H,41,43)(H,42,54)(H,44,52)(H,45,50)(H,46,51)(H,47,55)(H,48,53)/t27-,28-,29-,30-/m0/s1. The van der Waals surface area contributed by atoms with Crippen LogP contribution in [0.25, 0.3) is 0 Å². The average molecular weight is 793 g/mol. The third kappa shape index (κ3) is 17.2. The number of aromatic nitrogens is 2. The van der Waals surface area contributed by atoms with Crippen LogP contribution in [0.4, 0.5) is 9.59 Å². The summed E-state index contributed by atoms with van der Waals surface area (Å²) < 4.78 is 10.5. The summed E-state index contributed by atoms with van der Waals surface area (Å²) in [5.41, 5.74) is 8.59. The van der Waals surface area contributed by atoms with Gasteiger partial charge in [0.2, 0.25) is 23.6 Å². The largest absolute Gasteiger partial charge is 0.445 e. The van der Waals surface area contributed by atoms with Crippen LogP contribution in [-0.2, 0) is 52.9 Å². The molecule has 0 fully saturated rings. The summed E-state index contributed by atoms with van der Waals surface area (Å²) in [6.45, 7) is 5.22. The van der Waals surface area contributed by atoms with E-state index in [1.165, 1.54) is 12.5 Å². The van der Waals surface area contributed by atoms with E-state index in [2.05, 4.69) is 36.6 Å². The molecular formula is C38H52N10O9. The summed E-state index contributed by atoms with van der Waals surface area (Å²) in [6, 6.07) is 12.2. The van der Waals surface area contributed by atoms with Crippen molar-refractivity contribution in [3.63, 3.8) is 0 Å². The van der Waals surface area contributed by atoms with Gasteiger partial charge in [0.1, 0.15) is 36.4 Å². The number of carbonyl (C=O) groups is 7. The van der Waals surface area contributed by atoms with Gasteiger partial charge in [0, 0.05) is 31.3 Å². The number of benzene rings is 2. The Labute approximate surface area is 330 Å². The van der Waals surface area contributed by atoms with Crippen LogP contribution in [0.3, 0.4) is 0 Å². The van der Waals surface area contributed by atoms with Crippen LogP contribution in [0.1, 0.15) is 63.3 Å². The van der Waals surface area contributed by atoms with Gasteiger partial charge in [-0.1, -0.05) is 60.7 Å². The van der Waals surface area contributed by atoms with Crippen LogP contribution >= 0.6 is 0 Å². The fraction of sp³-hybridized carbons (Fsp3) is 0.421. The molecule has 0 unspecified atom stereocenters. The molecule has 11 N–H and O–H groups in total. The zero-order valence-electron chi connectivity index (χ0n) is 32.2. The second-order valence-corrected chi connectivity index (χ2v) is 14.0. The van der Waals surface area contributed by atoms with Gasteiger partial charge in [-0.15, -0.1) is 0 Å². The van der Waals surface area contributed by atoms with E-state index in [1.807, 2.05) is 5.43 Å². The Kier molecular flexibility index (Phi) is 17.9. The predicted octanol–water partition coefficient (Wildman–Crippen LogP) is 0.505. The van der Waals surface area contributed by atoms with E-state index in [9.17, 15) is 33.6 Å². The fourth-order valence-corrected chi connectivity index (χ4v) is 5.37. The SMILES string of the molecule is CC(C)(C)OC(=O)NCCCC[C@H](NC(=O)[C@H](CC(N)=O)NC(=O)OCc1ccccc1)C(=O)N[C@@H](Cc1ccccc1)C(=O)N[C@@H](Cc1cnc[nH]1)C(=O)NN. The number of amides is 7. The van der Waals surface area contributed by atoms with E-state index < -0.39 is 77.9 Å². The van der Waals surface area contributed by atoms with Crippen LogP contribution in [0.2, 0.25) is 0 Å². The smallest absolute Gasteiger partial charge is 0.408 e. The van der Waals surface area contributed by atoms with Gasteiger partial charge in [0.25, 0.3) is 5.91 Å². The van der Waals surface area contributed by atoms with E-state index in [0.29, 0.717) is 23.2 Å². The van der Waals surface area contributed by atoms with E-state index in [0.717, 1.165) is 0 Å². The maximum Gasteiger partial charge on any atom is 0.408 e. The molecule has 4 atom stereocenters. The maximum absolute atomic E-state index is 14.1. The first-order chi connectivity index (χ1) is 27.1. The molecule has 1 aromatic heterocycles. The second kappa shape index (κ2) is 22.8. The van der Waals surface area contributed by atoms with Crippen molar-refractivity contribution in [1.29, 1.82) is 0 Å². The molecule has 19 heteroatoms. The summed E-state index contributed by atoms with van der Waals surface area (Å²) in [6.07, 6.45) is 1.22. The highest BCUT2D eigenvalue weighted by molar-refractivity contribution is 5.96. The van der Waals surface area contributed by atoms with Gasteiger partial charge >= 0.3 is 12.2 Å². The first-order valence-corrected chi connectivity index (χ1v) is 18.3. The van der Waals surface area contributed by atoms with Crippen molar-refractivity contribution >= 4 is 41.7 Å². The van der Waals surface area contributed by atoms with Crippen LogP contribution in [0.15, 0.2) is 73.2 Å². The number of imidazole rings is 1. The fourth-order valence-electron chi connectivity index (χ4n) is 5.37. The van der Waals surface area contributed by atoms with Gasteiger partial charge in [-0.25, -0.2) is 20.4 Å². The number of unbranched alkanes of at least 4 members (excludes halogenated alkanes) is 1. The number of nitrogens with one attached hydrogen (secondary N) is 7. The van der Waals surface area contributed by atoms with Crippen molar-refractivity contribution in [2.45, 2.75) is 95.7 Å². The van der Waals surface area contributed by atoms with E-state index in [1.54, 1.807) is 81.4 Å². The molecule has 0 saturated carbocycles. The molecule has 7 amide bonds. The predicted molar refractivity (Wildman–Crippen MR) is 206 cm³/mol. The third-order valence-corrected chi connectivity index (χ3v) is 8.12. The molecule has 0 saturated heterocycles. The first kappa shape index (κ1) is 44.9. The number of aromatic amines is 1. The number of hydrazine groups is 1. The van der Waals surface area contributed by atoms with Crippen LogP contribution in [0, 0.1) is 0 Å². The van der Waals surface area contributed by atoms with Crippen molar-refractivity contribution < 1.29 is 43.0 Å². The van der Waals surface area contributed by atoms with Crippen molar-refractivity contribution in [2.75, 3.05) is 6.54 Å².